The second-order valence-electron chi connectivity index (χ2n) is 4.96. The van der Waals surface area contributed by atoms with E-state index < -0.39 is 5.97 Å². The van der Waals surface area contributed by atoms with E-state index in [2.05, 4.69) is 6.07 Å². The zero-order valence-corrected chi connectivity index (χ0v) is 12.2. The van der Waals surface area contributed by atoms with Gasteiger partial charge in [-0.25, -0.2) is 4.79 Å². The van der Waals surface area contributed by atoms with Crippen LogP contribution in [0.4, 0.5) is 0 Å². The number of hydrogen-bond donors (Lipinski definition) is 1. The first-order valence-corrected chi connectivity index (χ1v) is 7.02. The van der Waals surface area contributed by atoms with Gasteiger partial charge in [0.2, 0.25) is 0 Å². The van der Waals surface area contributed by atoms with Crippen molar-refractivity contribution in [3.8, 4) is 17.6 Å². The molecule has 0 bridgehead atoms. The van der Waals surface area contributed by atoms with Crippen molar-refractivity contribution in [1.29, 1.82) is 5.26 Å². The molecule has 1 N–H and O–H groups in total. The average molecular weight is 307 g/mol. The summed E-state index contributed by atoms with van der Waals surface area (Å²) in [6.45, 7) is 1.03. The van der Waals surface area contributed by atoms with E-state index in [1.54, 1.807) is 18.2 Å². The molecule has 0 spiro atoms. The van der Waals surface area contributed by atoms with E-state index >= 15 is 0 Å². The Morgan fingerprint density at radius 3 is 2.35 bits per heavy atom. The van der Waals surface area contributed by atoms with Crippen molar-refractivity contribution in [2.24, 2.45) is 0 Å². The maximum absolute atomic E-state index is 10.9. The lowest BCUT2D eigenvalue weighted by molar-refractivity contribution is 0.0697. The fourth-order valence-electron chi connectivity index (χ4n) is 2.29. The van der Waals surface area contributed by atoms with Crippen LogP contribution in [0.2, 0.25) is 0 Å². The van der Waals surface area contributed by atoms with Gasteiger partial charge in [0.1, 0.15) is 13.2 Å². The third-order valence-corrected chi connectivity index (χ3v) is 3.44. The van der Waals surface area contributed by atoms with Crippen molar-refractivity contribution >= 4 is 17.6 Å². The first-order valence-electron chi connectivity index (χ1n) is 7.02. The molecule has 0 aliphatic carbocycles. The summed E-state index contributed by atoms with van der Waals surface area (Å²) >= 11 is 0. The molecule has 1 aliphatic heterocycles. The van der Waals surface area contributed by atoms with Crippen molar-refractivity contribution in [2.75, 3.05) is 13.2 Å². The lowest BCUT2D eigenvalue weighted by atomic mass is 10.0. The molecule has 2 aromatic rings. The smallest absolute Gasteiger partial charge is 0.335 e. The first-order chi connectivity index (χ1) is 11.2. The van der Waals surface area contributed by atoms with Crippen LogP contribution < -0.4 is 9.47 Å². The number of carbonyl (C=O) groups is 1. The van der Waals surface area contributed by atoms with Gasteiger partial charge in [-0.05, 0) is 41.5 Å². The van der Waals surface area contributed by atoms with Gasteiger partial charge in [-0.15, -0.1) is 0 Å². The molecule has 1 aliphatic rings. The number of hydrogen-bond acceptors (Lipinski definition) is 4. The summed E-state index contributed by atoms with van der Waals surface area (Å²) < 4.78 is 11.0. The minimum atomic E-state index is -0.995. The maximum atomic E-state index is 10.9. The first kappa shape index (κ1) is 14.7. The van der Waals surface area contributed by atoms with Crippen LogP contribution >= 0.6 is 0 Å². The van der Waals surface area contributed by atoms with Crippen molar-refractivity contribution in [3.05, 3.63) is 59.2 Å². The quantitative estimate of drug-likeness (QED) is 0.695. The largest absolute Gasteiger partial charge is 0.486 e. The monoisotopic (exact) mass is 307 g/mol. The van der Waals surface area contributed by atoms with Gasteiger partial charge < -0.3 is 14.6 Å². The molecule has 0 saturated carbocycles. The van der Waals surface area contributed by atoms with Gasteiger partial charge in [0.25, 0.3) is 0 Å². The number of aromatic carboxylic acids is 1. The topological polar surface area (TPSA) is 79.5 Å². The molecule has 0 radical (unpaired) electrons. The molecule has 5 nitrogen and oxygen atoms in total. The minimum Gasteiger partial charge on any atom is -0.486 e. The van der Waals surface area contributed by atoms with Gasteiger partial charge in [-0.3, -0.25) is 0 Å². The molecule has 0 fully saturated rings. The number of allylic oxidation sites excluding steroid dienone is 1. The van der Waals surface area contributed by atoms with E-state index in [-0.39, 0.29) is 5.56 Å². The van der Waals surface area contributed by atoms with Gasteiger partial charge in [0, 0.05) is 0 Å². The molecule has 0 unspecified atom stereocenters. The molecule has 1 heterocycles. The fourth-order valence-corrected chi connectivity index (χ4v) is 2.29. The van der Waals surface area contributed by atoms with Gasteiger partial charge in [0.05, 0.1) is 17.2 Å². The Bertz CT molecular complexity index is 816. The number of benzene rings is 2. The van der Waals surface area contributed by atoms with Crippen LogP contribution in [0.15, 0.2) is 42.5 Å². The van der Waals surface area contributed by atoms with Gasteiger partial charge in [0.15, 0.2) is 11.5 Å². The van der Waals surface area contributed by atoms with Crippen LogP contribution in [0.1, 0.15) is 21.5 Å². The molecule has 3 rings (SSSR count). The lowest BCUT2D eigenvalue weighted by Crippen LogP contribution is -2.15. The Hall–Kier alpha value is -3.26. The number of rotatable bonds is 3. The van der Waals surface area contributed by atoms with E-state index in [1.807, 2.05) is 18.2 Å². The van der Waals surface area contributed by atoms with E-state index in [0.717, 1.165) is 5.56 Å². The predicted octanol–water partition coefficient (Wildman–Crippen LogP) is 3.22. The molecule has 114 valence electrons. The van der Waals surface area contributed by atoms with Crippen molar-refractivity contribution < 1.29 is 19.4 Å². The summed E-state index contributed by atoms with van der Waals surface area (Å²) in [5.41, 5.74) is 2.10. The SMILES string of the molecule is N#C/C(=C/c1ccc2c(c1)OCCO2)c1ccc(C(=O)O)cc1. The fraction of sp³-hybridized carbons (Fsp3) is 0.111. The Morgan fingerprint density at radius 2 is 1.70 bits per heavy atom. The Labute approximate surface area is 133 Å². The maximum Gasteiger partial charge on any atom is 0.335 e. The van der Waals surface area contributed by atoms with Crippen molar-refractivity contribution in [2.45, 2.75) is 0 Å². The van der Waals surface area contributed by atoms with Crippen LogP contribution in [0.25, 0.3) is 11.6 Å². The van der Waals surface area contributed by atoms with Crippen molar-refractivity contribution in [3.63, 3.8) is 0 Å². The Morgan fingerprint density at radius 1 is 1.04 bits per heavy atom. The number of nitriles is 1. The van der Waals surface area contributed by atoms with Gasteiger partial charge in [-0.2, -0.15) is 5.26 Å². The van der Waals surface area contributed by atoms with Crippen LogP contribution in [0, 0.1) is 11.3 Å². The van der Waals surface area contributed by atoms with E-state index in [0.29, 0.717) is 35.8 Å². The second kappa shape index (κ2) is 6.24. The van der Waals surface area contributed by atoms with E-state index in [9.17, 15) is 10.1 Å². The summed E-state index contributed by atoms with van der Waals surface area (Å²) in [5, 5.41) is 18.3. The molecule has 2 aromatic carbocycles. The van der Waals surface area contributed by atoms with Crippen LogP contribution in [-0.4, -0.2) is 24.3 Å². The third kappa shape index (κ3) is 3.16. The molecule has 0 amide bonds. The average Bonchev–Trinajstić information content (AvgIpc) is 2.59. The normalized spacial score (nSPS) is 13.3. The third-order valence-electron chi connectivity index (χ3n) is 3.44. The van der Waals surface area contributed by atoms with Crippen LogP contribution in [0.5, 0.6) is 11.5 Å². The number of carboxylic acids is 1. The molecule has 5 heteroatoms. The van der Waals surface area contributed by atoms with Crippen LogP contribution in [-0.2, 0) is 0 Å². The minimum absolute atomic E-state index is 0.186. The molecule has 0 atom stereocenters. The number of carboxylic acid groups (broad SMARTS) is 1. The highest BCUT2D eigenvalue weighted by Gasteiger charge is 2.11. The highest BCUT2D eigenvalue weighted by atomic mass is 16.6. The summed E-state index contributed by atoms with van der Waals surface area (Å²) in [4.78, 5) is 10.9. The Kier molecular flexibility index (Phi) is 3.98. The zero-order valence-electron chi connectivity index (χ0n) is 12.2. The van der Waals surface area contributed by atoms with Gasteiger partial charge >= 0.3 is 5.97 Å². The van der Waals surface area contributed by atoms with Gasteiger partial charge in [-0.1, -0.05) is 18.2 Å². The summed E-state index contributed by atoms with van der Waals surface area (Å²) in [6, 6.07) is 13.8. The van der Waals surface area contributed by atoms with E-state index in [1.165, 1.54) is 12.1 Å². The van der Waals surface area contributed by atoms with Crippen LogP contribution in [0.3, 0.4) is 0 Å². The number of nitrogens with zero attached hydrogens (tertiary/aromatic N) is 1. The molecular formula is C18H13NO4. The predicted molar refractivity (Wildman–Crippen MR) is 84.3 cm³/mol. The Balaban J connectivity index is 1.92. The van der Waals surface area contributed by atoms with E-state index in [4.69, 9.17) is 14.6 Å². The molecular weight excluding hydrogens is 294 g/mol. The highest BCUT2D eigenvalue weighted by Crippen LogP contribution is 2.32. The van der Waals surface area contributed by atoms with Crippen molar-refractivity contribution in [1.82, 2.24) is 0 Å². The zero-order chi connectivity index (χ0) is 16.2. The standard InChI is InChI=1S/C18H13NO4/c19-11-15(13-2-4-14(5-3-13)18(20)21)9-12-1-6-16-17(10-12)23-8-7-22-16/h1-6,9-10H,7-8H2,(H,20,21)/b15-9-. The molecule has 0 aromatic heterocycles. The highest BCUT2D eigenvalue weighted by molar-refractivity contribution is 5.92. The summed E-state index contributed by atoms with van der Waals surface area (Å²) in [5.74, 6) is 0.354. The number of ether oxygens (including phenoxy) is 2. The molecule has 23 heavy (non-hydrogen) atoms. The second-order valence-corrected chi connectivity index (χ2v) is 4.96. The lowest BCUT2D eigenvalue weighted by Gasteiger charge is -2.18. The summed E-state index contributed by atoms with van der Waals surface area (Å²) in [6.07, 6.45) is 1.73. The summed E-state index contributed by atoms with van der Waals surface area (Å²) in [7, 11) is 0. The number of fused-ring (bicyclic) bond motifs is 1. The molecule has 0 saturated heterocycles.